The van der Waals surface area contributed by atoms with Crippen molar-refractivity contribution in [2.45, 2.75) is 37.1 Å². The van der Waals surface area contributed by atoms with Crippen molar-refractivity contribution < 1.29 is 4.79 Å². The Bertz CT molecular complexity index is 1270. The smallest absolute Gasteiger partial charge is 0.279 e. The minimum Gasteiger partial charge on any atom is -0.365 e. The van der Waals surface area contributed by atoms with Gasteiger partial charge in [0.15, 0.2) is 0 Å². The Kier molecular flexibility index (Phi) is 5.99. The standard InChI is InChI=1S/C23H24ClN5O3/c24-15-4-1-3-14(11-15)23(13-25)8-6-16(7-9-23)29-22(32)18(20(26)30)12-19(28-29)17-5-2-10-27-21(17)31/h1-5,10-12,16H,6-9,13,25H2,(H2,26,30)(H,27,31). The van der Waals surface area contributed by atoms with Crippen molar-refractivity contribution >= 4 is 17.5 Å². The summed E-state index contributed by atoms with van der Waals surface area (Å²) < 4.78 is 1.31. The molecule has 0 bridgehead atoms. The van der Waals surface area contributed by atoms with Crippen LogP contribution >= 0.6 is 11.6 Å². The van der Waals surface area contributed by atoms with E-state index in [0.29, 0.717) is 24.4 Å². The average molecular weight is 454 g/mol. The number of benzene rings is 1. The molecular weight excluding hydrogens is 430 g/mol. The third-order valence-electron chi connectivity index (χ3n) is 6.38. The first kappa shape index (κ1) is 22.0. The normalized spacial score (nSPS) is 20.8. The Morgan fingerprint density at radius 1 is 1.19 bits per heavy atom. The first-order chi connectivity index (χ1) is 15.3. The van der Waals surface area contributed by atoms with Crippen molar-refractivity contribution in [3.05, 3.63) is 85.5 Å². The molecule has 2 heterocycles. The van der Waals surface area contributed by atoms with Crippen LogP contribution in [0.15, 0.2) is 58.3 Å². The van der Waals surface area contributed by atoms with E-state index in [1.165, 1.54) is 16.9 Å². The maximum Gasteiger partial charge on any atom is 0.279 e. The maximum atomic E-state index is 13.0. The molecule has 1 saturated carbocycles. The molecule has 1 amide bonds. The van der Waals surface area contributed by atoms with Gasteiger partial charge in [-0.25, -0.2) is 4.68 Å². The molecule has 0 atom stereocenters. The zero-order chi connectivity index (χ0) is 22.9. The van der Waals surface area contributed by atoms with E-state index in [1.807, 2.05) is 24.3 Å². The van der Waals surface area contributed by atoms with E-state index in [4.69, 9.17) is 23.1 Å². The fourth-order valence-corrected chi connectivity index (χ4v) is 4.71. The Hall–Kier alpha value is -3.23. The van der Waals surface area contributed by atoms with E-state index >= 15 is 0 Å². The molecule has 1 aliphatic carbocycles. The lowest BCUT2D eigenvalue weighted by molar-refractivity contribution is 0.0997. The number of H-pyrrole nitrogens is 1. The van der Waals surface area contributed by atoms with E-state index in [-0.39, 0.29) is 33.8 Å². The lowest BCUT2D eigenvalue weighted by atomic mass is 9.68. The van der Waals surface area contributed by atoms with Gasteiger partial charge in [-0.05, 0) is 61.6 Å². The zero-order valence-corrected chi connectivity index (χ0v) is 18.1. The van der Waals surface area contributed by atoms with Crippen LogP contribution in [0.25, 0.3) is 11.3 Å². The summed E-state index contributed by atoms with van der Waals surface area (Å²) in [7, 11) is 0. The number of rotatable bonds is 5. The molecule has 0 unspecified atom stereocenters. The first-order valence-electron chi connectivity index (χ1n) is 10.4. The molecule has 0 aliphatic heterocycles. The van der Waals surface area contributed by atoms with Gasteiger partial charge >= 0.3 is 0 Å². The van der Waals surface area contributed by atoms with Crippen LogP contribution < -0.4 is 22.6 Å². The van der Waals surface area contributed by atoms with Crippen molar-refractivity contribution in [3.8, 4) is 11.3 Å². The summed E-state index contributed by atoms with van der Waals surface area (Å²) in [5.74, 6) is -0.856. The minimum atomic E-state index is -0.856. The van der Waals surface area contributed by atoms with Gasteiger partial charge in [0.2, 0.25) is 0 Å². The van der Waals surface area contributed by atoms with Crippen LogP contribution in [0.3, 0.4) is 0 Å². The molecule has 0 saturated heterocycles. The second kappa shape index (κ2) is 8.72. The number of hydrogen-bond donors (Lipinski definition) is 3. The molecule has 8 nitrogen and oxygen atoms in total. The summed E-state index contributed by atoms with van der Waals surface area (Å²) in [6, 6.07) is 12.0. The summed E-state index contributed by atoms with van der Waals surface area (Å²) >= 11 is 6.20. The summed E-state index contributed by atoms with van der Waals surface area (Å²) in [5, 5.41) is 5.11. The van der Waals surface area contributed by atoms with Gasteiger partial charge in [0.1, 0.15) is 5.56 Å². The molecule has 166 valence electrons. The molecule has 3 aromatic rings. The fourth-order valence-electron chi connectivity index (χ4n) is 4.52. The SMILES string of the molecule is NCC1(c2cccc(Cl)c2)CCC(n2nc(-c3ccc[nH]c3=O)cc(C(N)=O)c2=O)CC1. The quantitative estimate of drug-likeness (QED) is 0.544. The van der Waals surface area contributed by atoms with Gasteiger partial charge in [-0.3, -0.25) is 14.4 Å². The van der Waals surface area contributed by atoms with Crippen molar-refractivity contribution in [1.82, 2.24) is 14.8 Å². The van der Waals surface area contributed by atoms with Crippen LogP contribution in [0.2, 0.25) is 5.02 Å². The molecule has 2 aromatic heterocycles. The number of hydrogen-bond acceptors (Lipinski definition) is 5. The molecule has 0 spiro atoms. The van der Waals surface area contributed by atoms with Crippen LogP contribution in [0.5, 0.6) is 0 Å². The van der Waals surface area contributed by atoms with Crippen molar-refractivity contribution in [3.63, 3.8) is 0 Å². The van der Waals surface area contributed by atoms with Gasteiger partial charge in [0.05, 0.1) is 17.3 Å². The third-order valence-corrected chi connectivity index (χ3v) is 6.62. The molecule has 9 heteroatoms. The largest absolute Gasteiger partial charge is 0.365 e. The van der Waals surface area contributed by atoms with Crippen LogP contribution in [-0.2, 0) is 5.41 Å². The number of amides is 1. The second-order valence-corrected chi connectivity index (χ2v) is 8.63. The van der Waals surface area contributed by atoms with Gasteiger partial charge in [-0.15, -0.1) is 0 Å². The van der Waals surface area contributed by atoms with E-state index in [9.17, 15) is 14.4 Å². The molecule has 32 heavy (non-hydrogen) atoms. The monoisotopic (exact) mass is 453 g/mol. The van der Waals surface area contributed by atoms with Crippen molar-refractivity contribution in [2.75, 3.05) is 6.54 Å². The van der Waals surface area contributed by atoms with Crippen molar-refractivity contribution in [2.24, 2.45) is 11.5 Å². The van der Waals surface area contributed by atoms with E-state index in [2.05, 4.69) is 10.1 Å². The number of halogens is 1. The number of nitrogens with two attached hydrogens (primary N) is 2. The Morgan fingerprint density at radius 3 is 2.56 bits per heavy atom. The molecule has 0 radical (unpaired) electrons. The fraction of sp³-hybridized carbons (Fsp3) is 0.304. The van der Waals surface area contributed by atoms with E-state index < -0.39 is 11.5 Å². The van der Waals surface area contributed by atoms with Crippen LogP contribution in [0.1, 0.15) is 47.6 Å². The van der Waals surface area contributed by atoms with Crippen molar-refractivity contribution in [1.29, 1.82) is 0 Å². The van der Waals surface area contributed by atoms with E-state index in [1.54, 1.807) is 12.1 Å². The lowest BCUT2D eigenvalue weighted by Crippen LogP contribution is -2.42. The third kappa shape index (κ3) is 3.99. The minimum absolute atomic E-state index is 0.191. The lowest BCUT2D eigenvalue weighted by Gasteiger charge is -2.40. The van der Waals surface area contributed by atoms with Gasteiger partial charge < -0.3 is 16.5 Å². The average Bonchev–Trinajstić information content (AvgIpc) is 2.79. The van der Waals surface area contributed by atoms with Gasteiger partial charge in [-0.2, -0.15) is 5.10 Å². The molecule has 4 rings (SSSR count). The predicted molar refractivity (Wildman–Crippen MR) is 123 cm³/mol. The number of pyridine rings is 1. The molecule has 1 aliphatic rings. The number of aromatic amines is 1. The first-order valence-corrected chi connectivity index (χ1v) is 10.8. The maximum absolute atomic E-state index is 13.0. The van der Waals surface area contributed by atoms with Crippen LogP contribution in [0, 0.1) is 0 Å². The Balaban J connectivity index is 1.72. The number of aromatic nitrogens is 3. The highest BCUT2D eigenvalue weighted by atomic mass is 35.5. The summed E-state index contributed by atoms with van der Waals surface area (Å²) in [4.78, 5) is 39.8. The van der Waals surface area contributed by atoms with Crippen LogP contribution in [0.4, 0.5) is 0 Å². The van der Waals surface area contributed by atoms with Gasteiger partial charge in [0.25, 0.3) is 17.0 Å². The molecule has 5 N–H and O–H groups in total. The summed E-state index contributed by atoms with van der Waals surface area (Å²) in [5.41, 5.74) is 11.9. The molecular formula is C23H24ClN5O3. The van der Waals surface area contributed by atoms with Gasteiger partial charge in [0, 0.05) is 23.2 Å². The number of primary amides is 1. The zero-order valence-electron chi connectivity index (χ0n) is 17.4. The number of carbonyl (C=O) groups is 1. The number of nitrogens with zero attached hydrogens (tertiary/aromatic N) is 2. The van der Waals surface area contributed by atoms with E-state index in [0.717, 1.165) is 18.4 Å². The Morgan fingerprint density at radius 2 is 1.94 bits per heavy atom. The predicted octanol–water partition coefficient (Wildman–Crippen LogP) is 2.36. The highest BCUT2D eigenvalue weighted by molar-refractivity contribution is 6.30. The molecule has 1 aromatic carbocycles. The highest BCUT2D eigenvalue weighted by Gasteiger charge is 2.37. The highest BCUT2D eigenvalue weighted by Crippen LogP contribution is 2.42. The van der Waals surface area contributed by atoms with Crippen LogP contribution in [-0.4, -0.2) is 27.2 Å². The number of nitrogens with one attached hydrogen (secondary N) is 1. The summed E-state index contributed by atoms with van der Waals surface area (Å²) in [6.45, 7) is 0.453. The second-order valence-electron chi connectivity index (χ2n) is 8.20. The Labute approximate surface area is 189 Å². The summed E-state index contributed by atoms with van der Waals surface area (Å²) in [6.07, 6.45) is 4.21. The number of carbonyl (C=O) groups excluding carboxylic acids is 1. The topological polar surface area (TPSA) is 137 Å². The molecule has 1 fully saturated rings. The van der Waals surface area contributed by atoms with Gasteiger partial charge in [-0.1, -0.05) is 23.7 Å².